The average Bonchev–Trinajstić information content (AvgIpc) is 2.49. The molecule has 4 N–H and O–H groups in total. The van der Waals surface area contributed by atoms with Crippen LogP contribution in [0.15, 0.2) is 0 Å². The molecule has 2 heterocycles. The van der Waals surface area contributed by atoms with E-state index in [1.54, 1.807) is 0 Å². The Kier molecular flexibility index (Phi) is 11.1. The van der Waals surface area contributed by atoms with Gasteiger partial charge in [0.15, 0.2) is 0 Å². The molecule has 2 saturated heterocycles. The number of hydrogen-bond donors (Lipinski definition) is 4. The predicted octanol–water partition coefficient (Wildman–Crippen LogP) is -1.68. The Morgan fingerprint density at radius 1 is 0.773 bits per heavy atom. The molecule has 0 amide bonds. The van der Waals surface area contributed by atoms with Crippen LogP contribution in [-0.4, -0.2) is 83.1 Å². The Bertz CT molecular complexity index is 404. The van der Waals surface area contributed by atoms with Gasteiger partial charge in [-0.15, -0.1) is 0 Å². The van der Waals surface area contributed by atoms with E-state index in [1.165, 1.54) is 0 Å². The monoisotopic (exact) mass is 364 g/mol. The Labute approximate surface area is 131 Å². The highest BCUT2D eigenvalue weighted by Crippen LogP contribution is 2.03. The summed E-state index contributed by atoms with van der Waals surface area (Å²) in [6, 6.07) is 0. The highest BCUT2D eigenvalue weighted by molar-refractivity contribution is 8.03. The molecule has 2 aliphatic heterocycles. The van der Waals surface area contributed by atoms with Crippen molar-refractivity contribution in [2.45, 2.75) is 11.5 Å². The van der Waals surface area contributed by atoms with E-state index in [0.29, 0.717) is 6.92 Å². The van der Waals surface area contributed by atoms with Crippen molar-refractivity contribution in [2.75, 3.05) is 52.6 Å². The van der Waals surface area contributed by atoms with Gasteiger partial charge in [0.25, 0.3) is 20.2 Å². The molecule has 2 aliphatic rings. The van der Waals surface area contributed by atoms with Crippen LogP contribution in [0.1, 0.15) is 6.92 Å². The molecule has 0 aromatic heterocycles. The maximum atomic E-state index is 9.99. The smallest absolute Gasteiger partial charge is 0.284 e. The van der Waals surface area contributed by atoms with Crippen molar-refractivity contribution in [3.05, 3.63) is 0 Å². The van der Waals surface area contributed by atoms with Gasteiger partial charge in [0.1, 0.15) is 0 Å². The van der Waals surface area contributed by atoms with Crippen molar-refractivity contribution in [2.24, 2.45) is 0 Å². The Balaban J connectivity index is 0.000000315. The molecular formula is C10H24N2O8S2. The molecule has 0 atom stereocenters. The van der Waals surface area contributed by atoms with Crippen molar-refractivity contribution in [3.63, 3.8) is 0 Å². The van der Waals surface area contributed by atoms with E-state index in [-0.39, 0.29) is 0 Å². The van der Waals surface area contributed by atoms with Crippen molar-refractivity contribution in [3.8, 4) is 0 Å². The minimum Gasteiger partial charge on any atom is -0.379 e. The zero-order chi connectivity index (χ0) is 17.1. The molecule has 12 heteroatoms. The van der Waals surface area contributed by atoms with Crippen LogP contribution in [0.25, 0.3) is 0 Å². The molecule has 22 heavy (non-hydrogen) atoms. The van der Waals surface area contributed by atoms with Crippen LogP contribution in [0, 0.1) is 0 Å². The van der Waals surface area contributed by atoms with E-state index in [1.807, 2.05) is 0 Å². The van der Waals surface area contributed by atoms with Gasteiger partial charge in [-0.25, -0.2) is 0 Å². The van der Waals surface area contributed by atoms with Crippen LogP contribution in [0.3, 0.4) is 0 Å². The summed E-state index contributed by atoms with van der Waals surface area (Å²) in [5, 5.41) is 6.32. The normalized spacial score (nSPS) is 19.5. The largest absolute Gasteiger partial charge is 0.379 e. The third-order valence-electron chi connectivity index (χ3n) is 2.53. The summed E-state index contributed by atoms with van der Waals surface area (Å²) in [6.45, 7) is 8.32. The van der Waals surface area contributed by atoms with Gasteiger partial charge in [-0.1, -0.05) is 0 Å². The van der Waals surface area contributed by atoms with Crippen molar-refractivity contribution < 1.29 is 35.4 Å². The first-order chi connectivity index (χ1) is 10.2. The first-order valence-electron chi connectivity index (χ1n) is 6.65. The van der Waals surface area contributed by atoms with E-state index in [0.717, 1.165) is 52.6 Å². The first kappa shape index (κ1) is 21.7. The molecule has 10 nitrogen and oxygen atoms in total. The first-order valence-corrected chi connectivity index (χ1v) is 9.66. The second kappa shape index (κ2) is 11.2. The highest BCUT2D eigenvalue weighted by atomic mass is 32.3. The van der Waals surface area contributed by atoms with E-state index in [9.17, 15) is 16.8 Å². The number of rotatable bonds is 2. The van der Waals surface area contributed by atoms with Gasteiger partial charge in [-0.05, 0) is 6.92 Å². The van der Waals surface area contributed by atoms with Crippen LogP contribution in [0.4, 0.5) is 0 Å². The van der Waals surface area contributed by atoms with E-state index in [2.05, 4.69) is 10.6 Å². The lowest BCUT2D eigenvalue weighted by Gasteiger charge is -2.10. The number of morpholine rings is 2. The number of nitrogens with one attached hydrogen (secondary N) is 2. The summed E-state index contributed by atoms with van der Waals surface area (Å²) in [6.07, 6.45) is 0. The Hall–Kier alpha value is -0.340. The van der Waals surface area contributed by atoms with Gasteiger partial charge < -0.3 is 20.1 Å². The third kappa shape index (κ3) is 12.2. The van der Waals surface area contributed by atoms with Crippen LogP contribution < -0.4 is 10.6 Å². The topological polar surface area (TPSA) is 151 Å². The van der Waals surface area contributed by atoms with Crippen LogP contribution in [0.5, 0.6) is 0 Å². The maximum Gasteiger partial charge on any atom is 0.284 e. The fourth-order valence-corrected chi connectivity index (χ4v) is 2.41. The van der Waals surface area contributed by atoms with Gasteiger partial charge in [-0.2, -0.15) is 16.8 Å². The quantitative estimate of drug-likeness (QED) is 0.418. The van der Waals surface area contributed by atoms with E-state index < -0.39 is 24.8 Å². The fourth-order valence-electron chi connectivity index (χ4n) is 1.19. The number of hydrogen-bond acceptors (Lipinski definition) is 8. The average molecular weight is 364 g/mol. The minimum absolute atomic E-state index is 0.657. The van der Waals surface area contributed by atoms with Gasteiger partial charge in [0, 0.05) is 26.2 Å². The molecule has 0 bridgehead atoms. The van der Waals surface area contributed by atoms with Gasteiger partial charge in [0.2, 0.25) is 4.58 Å². The predicted molar refractivity (Wildman–Crippen MR) is 79.9 cm³/mol. The molecule has 0 saturated carbocycles. The lowest BCUT2D eigenvalue weighted by atomic mass is 10.5. The van der Waals surface area contributed by atoms with E-state index >= 15 is 0 Å². The zero-order valence-corrected chi connectivity index (χ0v) is 14.0. The molecule has 2 fully saturated rings. The maximum absolute atomic E-state index is 9.99. The molecular weight excluding hydrogens is 340 g/mol. The Morgan fingerprint density at radius 2 is 1.05 bits per heavy atom. The standard InChI is InChI=1S/2C4H9NO.C2H6O6S2/c2*1-3-6-4-2-5-1;1-2(9(3,4)5)10(6,7)8/h2*5H,1-4H2;2H,1H3,(H,3,4,5)(H,6,7,8). The van der Waals surface area contributed by atoms with Crippen molar-refractivity contribution >= 4 is 20.2 Å². The van der Waals surface area contributed by atoms with Crippen LogP contribution >= 0.6 is 0 Å². The number of ether oxygens (including phenoxy) is 2. The van der Waals surface area contributed by atoms with Crippen molar-refractivity contribution in [1.29, 1.82) is 0 Å². The Morgan fingerprint density at radius 3 is 1.09 bits per heavy atom. The summed E-state index contributed by atoms with van der Waals surface area (Å²) >= 11 is 0. The van der Waals surface area contributed by atoms with Crippen molar-refractivity contribution in [1.82, 2.24) is 10.6 Å². The van der Waals surface area contributed by atoms with Crippen LogP contribution in [-0.2, 0) is 29.7 Å². The summed E-state index contributed by atoms with van der Waals surface area (Å²) < 4.78 is 63.9. The molecule has 0 unspecified atom stereocenters. The second-order valence-electron chi connectivity index (χ2n) is 4.32. The molecule has 0 aromatic carbocycles. The molecule has 0 aliphatic carbocycles. The molecule has 134 valence electrons. The lowest BCUT2D eigenvalue weighted by molar-refractivity contribution is 0.109. The molecule has 0 radical (unpaired) electrons. The SMILES string of the molecule is C1COCCN1.C1COCCN1.CC(S(=O)(=O)O)S(=O)(=O)O. The summed E-state index contributed by atoms with van der Waals surface area (Å²) in [7, 11) is -9.40. The lowest BCUT2D eigenvalue weighted by Crippen LogP contribution is -2.30. The van der Waals surface area contributed by atoms with Gasteiger partial charge in [0.05, 0.1) is 26.4 Å². The second-order valence-corrected chi connectivity index (χ2v) is 8.09. The summed E-state index contributed by atoms with van der Waals surface area (Å²) in [5.74, 6) is 0. The zero-order valence-electron chi connectivity index (χ0n) is 12.4. The van der Waals surface area contributed by atoms with Gasteiger partial charge >= 0.3 is 0 Å². The highest BCUT2D eigenvalue weighted by Gasteiger charge is 2.29. The molecule has 2 rings (SSSR count). The molecule has 0 aromatic rings. The fraction of sp³-hybridized carbons (Fsp3) is 1.00. The van der Waals surface area contributed by atoms with Crippen LogP contribution in [0.2, 0.25) is 0 Å². The third-order valence-corrected chi connectivity index (χ3v) is 5.67. The molecule has 0 spiro atoms. The minimum atomic E-state index is -4.70. The van der Waals surface area contributed by atoms with Gasteiger partial charge in [-0.3, -0.25) is 9.11 Å². The summed E-state index contributed by atoms with van der Waals surface area (Å²) in [5.41, 5.74) is 0. The van der Waals surface area contributed by atoms with E-state index in [4.69, 9.17) is 18.6 Å². The summed E-state index contributed by atoms with van der Waals surface area (Å²) in [4.78, 5) is 0.